The number of benzene rings is 5. The summed E-state index contributed by atoms with van der Waals surface area (Å²) in [7, 11) is -1.73. The van der Waals surface area contributed by atoms with Crippen LogP contribution in [0.4, 0.5) is 0 Å². The fourth-order valence-corrected chi connectivity index (χ4v) is 10.4. The molecule has 2 aromatic heterocycles. The van der Waals surface area contributed by atoms with Gasteiger partial charge in [0.25, 0.3) is 0 Å². The molecule has 2 aliphatic rings. The first-order chi connectivity index (χ1) is 24.4. The van der Waals surface area contributed by atoms with Crippen LogP contribution in [-0.2, 0) is 21.7 Å². The number of nitrogens with zero attached hydrogens (tertiary/aromatic N) is 2. The van der Waals surface area contributed by atoms with Gasteiger partial charge in [-0.05, 0) is 109 Å². The largest absolute Gasteiger partial charge is 0.375 e. The topological polar surface area (TPSA) is 9.86 Å². The van der Waals surface area contributed by atoms with Crippen LogP contribution in [0.3, 0.4) is 0 Å². The second-order valence-electron chi connectivity index (χ2n) is 21.7. The quantitative estimate of drug-likeness (QED) is 0.150. The maximum absolute atomic E-state index is 2.77. The first kappa shape index (κ1) is 34.7. The van der Waals surface area contributed by atoms with Crippen molar-refractivity contribution in [2.24, 2.45) is 0 Å². The van der Waals surface area contributed by atoms with Crippen LogP contribution in [0, 0.1) is 0 Å². The Morgan fingerprint density at radius 1 is 0.472 bits per heavy atom. The summed E-state index contributed by atoms with van der Waals surface area (Å²) in [6.45, 7) is 35.9. The molecule has 0 N–H and O–H groups in total. The Labute approximate surface area is 318 Å². The van der Waals surface area contributed by atoms with E-state index in [0.717, 1.165) is 0 Å². The zero-order valence-corrected chi connectivity index (χ0v) is 35.9. The molecule has 7 aromatic rings. The summed E-state index contributed by atoms with van der Waals surface area (Å²) in [5.74, 6) is 0. The highest BCUT2D eigenvalue weighted by Gasteiger charge is 2.43. The van der Waals surface area contributed by atoms with Crippen molar-refractivity contribution in [1.82, 2.24) is 9.05 Å². The van der Waals surface area contributed by atoms with Crippen molar-refractivity contribution >= 4 is 74.6 Å². The Kier molecular flexibility index (Phi) is 6.81. The number of fused-ring (bicyclic) bond motifs is 10. The summed E-state index contributed by atoms with van der Waals surface area (Å²) in [6, 6.07) is 30.1. The highest BCUT2D eigenvalue weighted by Crippen LogP contribution is 2.46. The van der Waals surface area contributed by atoms with Gasteiger partial charge in [0.2, 0.25) is 0 Å². The molecule has 9 rings (SSSR count). The smallest absolute Gasteiger partial charge is 0.333 e. The highest BCUT2D eigenvalue weighted by atomic mass is 28.3. The summed E-state index contributed by atoms with van der Waals surface area (Å²) in [5, 5.41) is 7.05. The molecule has 0 unspecified atom stereocenters. The molecule has 2 nitrogen and oxygen atoms in total. The molecule has 0 radical (unpaired) electrons. The fourth-order valence-electron chi connectivity index (χ4n) is 9.28. The van der Waals surface area contributed by atoms with E-state index in [4.69, 9.17) is 0 Å². The third-order valence-corrected chi connectivity index (χ3v) is 14.7. The molecule has 4 heteroatoms. The highest BCUT2D eigenvalue weighted by molar-refractivity contribution is 6.91. The average molecular weight is 713 g/mol. The summed E-state index contributed by atoms with van der Waals surface area (Å²) >= 11 is 0. The summed E-state index contributed by atoms with van der Waals surface area (Å²) in [6.07, 6.45) is 0. The second kappa shape index (κ2) is 10.4. The van der Waals surface area contributed by atoms with Crippen LogP contribution in [0.15, 0.2) is 72.8 Å². The molecule has 270 valence electrons. The molecule has 0 amide bonds. The summed E-state index contributed by atoms with van der Waals surface area (Å²) in [5.41, 5.74) is 18.2. The Bertz CT molecular complexity index is 2740. The Morgan fingerprint density at radius 2 is 0.962 bits per heavy atom. The minimum atomic E-state index is -1.73. The molecule has 0 bridgehead atoms. The second-order valence-corrected chi connectivity index (χ2v) is 26.7. The average Bonchev–Trinajstić information content (AvgIpc) is 3.55. The Morgan fingerprint density at radius 3 is 1.51 bits per heavy atom. The molecule has 0 saturated heterocycles. The number of rotatable bonds is 1. The number of hydrogen-bond acceptors (Lipinski definition) is 0. The van der Waals surface area contributed by atoms with Gasteiger partial charge in [0, 0.05) is 43.8 Å². The zero-order chi connectivity index (χ0) is 38.1. The Hall–Kier alpha value is -4.02. The predicted octanol–water partition coefficient (Wildman–Crippen LogP) is 11.6. The van der Waals surface area contributed by atoms with Crippen molar-refractivity contribution in [1.29, 1.82) is 0 Å². The lowest BCUT2D eigenvalue weighted by atomic mass is 9.45. The molecule has 4 heterocycles. The van der Waals surface area contributed by atoms with Crippen LogP contribution in [0.5, 0.6) is 0 Å². The molecule has 0 aliphatic carbocycles. The van der Waals surface area contributed by atoms with Crippen LogP contribution >= 0.6 is 0 Å². The first-order valence-electron chi connectivity index (χ1n) is 19.9. The molecule has 0 fully saturated rings. The maximum atomic E-state index is 2.77. The molecule has 0 saturated carbocycles. The summed E-state index contributed by atoms with van der Waals surface area (Å²) < 4.78 is 5.44. The van der Waals surface area contributed by atoms with Gasteiger partial charge in [-0.2, -0.15) is 0 Å². The molecule has 2 aliphatic heterocycles. The first-order valence-corrected chi connectivity index (χ1v) is 23.4. The van der Waals surface area contributed by atoms with Crippen molar-refractivity contribution in [3.05, 3.63) is 95.1 Å². The van der Waals surface area contributed by atoms with Crippen molar-refractivity contribution in [3.63, 3.8) is 0 Å². The van der Waals surface area contributed by atoms with Gasteiger partial charge in [-0.1, -0.05) is 132 Å². The standard InChI is InChI=1S/C49H57BN2Si/c1-46(2,3)28-16-18-40-33(20-28)37-24-31(49(10,11)12)25-39-45(37)51(40)42-27-32(53(13,14)15)26-35-38-23-30(48(7,8)9)22-36-34-21-29(47(4,5)6)17-19-41(34)52(44(36)38)50(39)43(35)42/h16-27H,1-15H3. The van der Waals surface area contributed by atoms with Gasteiger partial charge in [-0.15, -0.1) is 0 Å². The van der Waals surface area contributed by atoms with E-state index in [0.29, 0.717) is 0 Å². The SMILES string of the molecule is CC(C)(C)c1ccc2c(c1)c1cc(C(C)(C)C)cc3c1n2B1c2c-3cc([Si](C)(C)C)cc2-n2c3ccc(C(C)(C)C)cc3c3cc(C(C)(C)C)cc1c32. The van der Waals surface area contributed by atoms with Crippen LogP contribution in [-0.4, -0.2) is 24.0 Å². The lowest BCUT2D eigenvalue weighted by Crippen LogP contribution is -2.56. The predicted molar refractivity (Wildman–Crippen MR) is 237 cm³/mol. The van der Waals surface area contributed by atoms with E-state index in [9.17, 15) is 0 Å². The van der Waals surface area contributed by atoms with Crippen molar-refractivity contribution in [3.8, 4) is 16.8 Å². The van der Waals surface area contributed by atoms with Gasteiger partial charge in [-0.3, -0.25) is 0 Å². The van der Waals surface area contributed by atoms with Gasteiger partial charge in [0.15, 0.2) is 0 Å². The molecule has 53 heavy (non-hydrogen) atoms. The monoisotopic (exact) mass is 712 g/mol. The minimum Gasteiger partial charge on any atom is -0.375 e. The van der Waals surface area contributed by atoms with Gasteiger partial charge < -0.3 is 9.05 Å². The van der Waals surface area contributed by atoms with Crippen LogP contribution < -0.4 is 16.1 Å². The third kappa shape index (κ3) is 4.89. The zero-order valence-electron chi connectivity index (χ0n) is 34.9. The van der Waals surface area contributed by atoms with E-state index >= 15 is 0 Å². The van der Waals surface area contributed by atoms with Gasteiger partial charge >= 0.3 is 6.85 Å². The van der Waals surface area contributed by atoms with E-state index in [2.05, 4.69) is 185 Å². The van der Waals surface area contributed by atoms with Crippen molar-refractivity contribution < 1.29 is 0 Å². The van der Waals surface area contributed by atoms with Crippen LogP contribution in [0.25, 0.3) is 60.4 Å². The maximum Gasteiger partial charge on any atom is 0.333 e. The lowest BCUT2D eigenvalue weighted by Gasteiger charge is -2.36. The van der Waals surface area contributed by atoms with Crippen molar-refractivity contribution in [2.45, 2.75) is 124 Å². The van der Waals surface area contributed by atoms with E-state index in [-0.39, 0.29) is 28.5 Å². The fraction of sp³-hybridized carbons (Fsp3) is 0.388. The van der Waals surface area contributed by atoms with Gasteiger partial charge in [0.05, 0.1) is 19.1 Å². The number of hydrogen-bond donors (Lipinski definition) is 0. The van der Waals surface area contributed by atoms with E-state index in [1.807, 2.05) is 0 Å². The molecular formula is C49H57BN2Si. The van der Waals surface area contributed by atoms with Gasteiger partial charge in [-0.25, -0.2) is 0 Å². The molecule has 0 spiro atoms. The molecule has 0 atom stereocenters. The third-order valence-electron chi connectivity index (χ3n) is 12.6. The van der Waals surface area contributed by atoms with Crippen LogP contribution in [0.2, 0.25) is 19.6 Å². The summed E-state index contributed by atoms with van der Waals surface area (Å²) in [4.78, 5) is 0. The normalized spacial score (nSPS) is 14.7. The van der Waals surface area contributed by atoms with E-state index in [1.54, 1.807) is 0 Å². The van der Waals surface area contributed by atoms with E-state index < -0.39 is 8.07 Å². The van der Waals surface area contributed by atoms with Crippen molar-refractivity contribution in [2.75, 3.05) is 0 Å². The van der Waals surface area contributed by atoms with E-state index in [1.165, 1.54) is 98.8 Å². The lowest BCUT2D eigenvalue weighted by molar-refractivity contribution is 0.590. The molecular weight excluding hydrogens is 655 g/mol. The Balaban J connectivity index is 1.55. The number of aromatic nitrogens is 2. The molecule has 5 aromatic carbocycles. The van der Waals surface area contributed by atoms with Gasteiger partial charge in [0.1, 0.15) is 0 Å². The van der Waals surface area contributed by atoms with Crippen LogP contribution in [0.1, 0.15) is 105 Å². The minimum absolute atomic E-state index is 0.00454.